The molecule has 0 saturated carbocycles. The topological polar surface area (TPSA) is 120 Å². The highest BCUT2D eigenvalue weighted by Crippen LogP contribution is 2.43. The standard InChI is InChI=1S/C50H80NO8P/c1-4-6-8-10-12-14-16-18-20-22-24-26-28-30-32-34-36-38-40-42-49(52)56-46-48(47-58-60(54,55)57-45-44-51-3)59-50(53)43-41-39-37-35-33-31-29-27-25-23-21-19-17-15-13-11-9-7-5-2/h7,9,12-15,18-21,24-27,30-33,36,38,48,51H,4-6,8,10-11,16-17,22-23,28-29,34-35,37,39-47H2,1-3H3,(H,54,55)/b9-7-,14-12-,15-13-,20-18-,21-19-,26-24-,27-25-,32-30-,33-31-,38-36-. The molecule has 0 aromatic rings. The fraction of sp³-hybridized carbons (Fsp3) is 0.560. The largest absolute Gasteiger partial charge is 0.472 e. The Labute approximate surface area is 364 Å². The van der Waals surface area contributed by atoms with Gasteiger partial charge in [-0.25, -0.2) is 4.57 Å². The van der Waals surface area contributed by atoms with Gasteiger partial charge in [-0.2, -0.15) is 0 Å². The van der Waals surface area contributed by atoms with E-state index in [0.29, 0.717) is 19.4 Å². The van der Waals surface area contributed by atoms with Gasteiger partial charge in [0.15, 0.2) is 6.10 Å². The first-order valence-corrected chi connectivity index (χ1v) is 24.0. The van der Waals surface area contributed by atoms with Crippen LogP contribution in [0.4, 0.5) is 0 Å². The molecule has 338 valence electrons. The Bertz CT molecular complexity index is 1390. The third-order valence-electron chi connectivity index (χ3n) is 8.58. The molecule has 0 aliphatic carbocycles. The molecule has 0 aliphatic rings. The van der Waals surface area contributed by atoms with Gasteiger partial charge in [-0.15, -0.1) is 0 Å². The molecule has 0 amide bonds. The average molecular weight is 854 g/mol. The Morgan fingerprint density at radius 1 is 0.533 bits per heavy atom. The number of nitrogens with one attached hydrogen (secondary N) is 1. The van der Waals surface area contributed by atoms with E-state index in [2.05, 4.69) is 129 Å². The van der Waals surface area contributed by atoms with Crippen molar-refractivity contribution < 1.29 is 37.6 Å². The monoisotopic (exact) mass is 854 g/mol. The lowest BCUT2D eigenvalue weighted by molar-refractivity contribution is -0.161. The van der Waals surface area contributed by atoms with E-state index in [1.165, 1.54) is 25.7 Å². The quantitative estimate of drug-likeness (QED) is 0.0269. The summed E-state index contributed by atoms with van der Waals surface area (Å²) in [5.41, 5.74) is 0. The number of carbonyl (C=O) groups is 2. The maximum Gasteiger partial charge on any atom is 0.472 e. The Morgan fingerprint density at radius 3 is 1.45 bits per heavy atom. The van der Waals surface area contributed by atoms with Crippen molar-refractivity contribution in [3.8, 4) is 0 Å². The second kappa shape index (κ2) is 44.9. The van der Waals surface area contributed by atoms with Gasteiger partial charge in [0.1, 0.15) is 6.61 Å². The van der Waals surface area contributed by atoms with Crippen molar-refractivity contribution in [3.63, 3.8) is 0 Å². The van der Waals surface area contributed by atoms with Crippen LogP contribution in [0.3, 0.4) is 0 Å². The molecule has 0 bridgehead atoms. The maximum atomic E-state index is 12.6. The second-order valence-electron chi connectivity index (χ2n) is 14.1. The minimum Gasteiger partial charge on any atom is -0.462 e. The number of hydrogen-bond acceptors (Lipinski definition) is 8. The SMILES string of the molecule is CC/C=C\C/C=C\C/C=C\C/C=C\C/C=C\CCCCCC(=O)OC(COC(=O)CC/C=C\C/C=C\C/C=C\C/C=C\C/C=C\CCCCC)COP(=O)(O)OCCNC. The predicted molar refractivity (Wildman–Crippen MR) is 252 cm³/mol. The van der Waals surface area contributed by atoms with Crippen molar-refractivity contribution in [2.24, 2.45) is 0 Å². The zero-order chi connectivity index (χ0) is 43.9. The molecule has 0 rings (SSSR count). The number of phosphoric acid groups is 1. The van der Waals surface area contributed by atoms with Crippen molar-refractivity contribution in [2.75, 3.05) is 33.4 Å². The van der Waals surface area contributed by atoms with Gasteiger partial charge < -0.3 is 19.7 Å². The summed E-state index contributed by atoms with van der Waals surface area (Å²) in [6.07, 6.45) is 59.7. The van der Waals surface area contributed by atoms with Gasteiger partial charge in [-0.1, -0.05) is 155 Å². The lowest BCUT2D eigenvalue weighted by Gasteiger charge is -2.20. The van der Waals surface area contributed by atoms with Crippen molar-refractivity contribution in [1.29, 1.82) is 0 Å². The van der Waals surface area contributed by atoms with E-state index in [1.807, 2.05) is 12.2 Å². The van der Waals surface area contributed by atoms with Gasteiger partial charge >= 0.3 is 19.8 Å². The fourth-order valence-corrected chi connectivity index (χ4v) is 5.96. The summed E-state index contributed by atoms with van der Waals surface area (Å²) in [7, 11) is -2.70. The van der Waals surface area contributed by atoms with E-state index in [-0.39, 0.29) is 26.1 Å². The molecule has 9 nitrogen and oxygen atoms in total. The van der Waals surface area contributed by atoms with Crippen molar-refractivity contribution in [1.82, 2.24) is 5.32 Å². The molecule has 0 aromatic carbocycles. The van der Waals surface area contributed by atoms with E-state index in [0.717, 1.165) is 77.0 Å². The smallest absolute Gasteiger partial charge is 0.462 e. The minimum atomic E-state index is -4.39. The van der Waals surface area contributed by atoms with Crippen molar-refractivity contribution in [2.45, 2.75) is 148 Å². The minimum absolute atomic E-state index is 0.0424. The summed E-state index contributed by atoms with van der Waals surface area (Å²) < 4.78 is 33.1. The maximum absolute atomic E-state index is 12.6. The molecule has 0 heterocycles. The van der Waals surface area contributed by atoms with E-state index in [4.69, 9.17) is 18.5 Å². The number of allylic oxidation sites excluding steroid dienone is 20. The van der Waals surface area contributed by atoms with Gasteiger partial charge in [0, 0.05) is 19.4 Å². The molecule has 0 saturated heterocycles. The molecule has 2 atom stereocenters. The number of rotatable bonds is 40. The van der Waals surface area contributed by atoms with Gasteiger partial charge in [0.2, 0.25) is 0 Å². The molecule has 0 aliphatic heterocycles. The summed E-state index contributed by atoms with van der Waals surface area (Å²) in [6, 6.07) is 0. The van der Waals surface area contributed by atoms with E-state index >= 15 is 0 Å². The Balaban J connectivity index is 4.43. The molecule has 0 spiro atoms. The first kappa shape index (κ1) is 56.4. The molecular weight excluding hydrogens is 774 g/mol. The summed E-state index contributed by atoms with van der Waals surface area (Å²) >= 11 is 0. The van der Waals surface area contributed by atoms with Gasteiger partial charge in [0.25, 0.3) is 0 Å². The summed E-state index contributed by atoms with van der Waals surface area (Å²) in [6.45, 7) is 3.93. The van der Waals surface area contributed by atoms with Crippen molar-refractivity contribution in [3.05, 3.63) is 122 Å². The number of carbonyl (C=O) groups excluding carboxylic acids is 2. The highest BCUT2D eigenvalue weighted by Gasteiger charge is 2.26. The molecule has 60 heavy (non-hydrogen) atoms. The highest BCUT2D eigenvalue weighted by molar-refractivity contribution is 7.47. The van der Waals surface area contributed by atoms with Crippen molar-refractivity contribution >= 4 is 19.8 Å². The van der Waals surface area contributed by atoms with Gasteiger partial charge in [-0.05, 0) is 103 Å². The number of esters is 2. The van der Waals surface area contributed by atoms with Crippen LogP contribution in [0.25, 0.3) is 0 Å². The number of phosphoric ester groups is 1. The summed E-state index contributed by atoms with van der Waals surface area (Å²) in [5, 5.41) is 2.81. The number of unbranched alkanes of at least 4 members (excludes halogenated alkanes) is 6. The van der Waals surface area contributed by atoms with Crippen LogP contribution in [0.2, 0.25) is 0 Å². The molecule has 0 radical (unpaired) electrons. The molecule has 0 fully saturated rings. The Kier molecular flexibility index (Phi) is 42.3. The van der Waals surface area contributed by atoms with Crippen LogP contribution in [-0.4, -0.2) is 56.3 Å². The van der Waals surface area contributed by atoms with E-state index in [1.54, 1.807) is 7.05 Å². The highest BCUT2D eigenvalue weighted by atomic mass is 31.2. The third kappa shape index (κ3) is 44.0. The lowest BCUT2D eigenvalue weighted by atomic mass is 10.1. The molecule has 2 unspecified atom stereocenters. The van der Waals surface area contributed by atoms with Crippen LogP contribution >= 0.6 is 7.82 Å². The van der Waals surface area contributed by atoms with Crippen LogP contribution in [0.5, 0.6) is 0 Å². The number of likely N-dealkylation sites (N-methyl/N-ethyl adjacent to an activating group) is 1. The number of ether oxygens (including phenoxy) is 2. The van der Waals surface area contributed by atoms with E-state index in [9.17, 15) is 19.0 Å². The van der Waals surface area contributed by atoms with Crippen LogP contribution in [0, 0.1) is 0 Å². The molecule has 2 N–H and O–H groups in total. The predicted octanol–water partition coefficient (Wildman–Crippen LogP) is 13.2. The van der Waals surface area contributed by atoms with Crippen LogP contribution in [0.15, 0.2) is 122 Å². The zero-order valence-electron chi connectivity index (χ0n) is 37.3. The summed E-state index contributed by atoms with van der Waals surface area (Å²) in [5.74, 6) is -0.955. The van der Waals surface area contributed by atoms with Gasteiger partial charge in [-0.3, -0.25) is 18.6 Å². The Morgan fingerprint density at radius 2 is 0.983 bits per heavy atom. The zero-order valence-corrected chi connectivity index (χ0v) is 38.2. The molecular formula is C50H80NO8P. The lowest BCUT2D eigenvalue weighted by Crippen LogP contribution is -2.29. The first-order chi connectivity index (χ1) is 29.3. The second-order valence-corrected chi connectivity index (χ2v) is 15.6. The number of hydrogen-bond donors (Lipinski definition) is 2. The fourth-order valence-electron chi connectivity index (χ4n) is 5.21. The summed E-state index contributed by atoms with van der Waals surface area (Å²) in [4.78, 5) is 35.1. The average Bonchev–Trinajstić information content (AvgIpc) is 3.23. The van der Waals surface area contributed by atoms with Crippen LogP contribution in [0.1, 0.15) is 142 Å². The van der Waals surface area contributed by atoms with Crippen LogP contribution < -0.4 is 5.32 Å². The third-order valence-corrected chi connectivity index (χ3v) is 9.56. The molecule has 0 aromatic heterocycles. The normalized spacial score (nSPS) is 14.4. The van der Waals surface area contributed by atoms with Gasteiger partial charge in [0.05, 0.1) is 13.2 Å². The van der Waals surface area contributed by atoms with E-state index < -0.39 is 32.5 Å². The molecule has 10 heteroatoms. The van der Waals surface area contributed by atoms with Crippen LogP contribution in [-0.2, 0) is 32.7 Å². The Hall–Kier alpha value is -3.59. The first-order valence-electron chi connectivity index (χ1n) is 22.5.